The van der Waals surface area contributed by atoms with E-state index < -0.39 is 20.5 Å². The van der Waals surface area contributed by atoms with E-state index in [0.717, 1.165) is 6.20 Å². The van der Waals surface area contributed by atoms with Gasteiger partial charge in [0.25, 0.3) is 9.05 Å². The topological polar surface area (TPSA) is 61.2 Å². The van der Waals surface area contributed by atoms with E-state index in [4.69, 9.17) is 15.4 Å². The Hall–Kier alpha value is -0.730. The van der Waals surface area contributed by atoms with Gasteiger partial charge < -0.3 is 4.74 Å². The monoisotopic (exact) mass is 302 g/mol. The van der Waals surface area contributed by atoms with Gasteiger partial charge >= 0.3 is 6.55 Å². The Morgan fingerprint density at radius 2 is 2.17 bits per heavy atom. The van der Waals surface area contributed by atoms with Crippen LogP contribution in [-0.2, 0) is 20.4 Å². The first-order valence-electron chi connectivity index (χ1n) is 5.18. The van der Waals surface area contributed by atoms with E-state index in [1.807, 2.05) is 6.92 Å². The molecule has 0 aliphatic rings. The molecule has 1 aromatic rings. The molecule has 0 N–H and O–H groups in total. The predicted octanol–water partition coefficient (Wildman–Crippen LogP) is 2.52. The molecule has 0 aromatic carbocycles. The fourth-order valence-corrected chi connectivity index (χ4v) is 2.21. The van der Waals surface area contributed by atoms with E-state index in [-0.39, 0.29) is 23.1 Å². The lowest BCUT2D eigenvalue weighted by Crippen LogP contribution is -2.13. The fraction of sp³-hybridized carbons (Fsp3) is 0.667. The van der Waals surface area contributed by atoms with Crippen LogP contribution < -0.4 is 0 Å². The highest BCUT2D eigenvalue weighted by atomic mass is 35.7. The van der Waals surface area contributed by atoms with E-state index in [2.05, 4.69) is 5.10 Å². The highest BCUT2D eigenvalue weighted by Crippen LogP contribution is 2.24. The lowest BCUT2D eigenvalue weighted by molar-refractivity contribution is 0.0205. The smallest absolute Gasteiger partial charge is 0.333 e. The Bertz CT molecular complexity index is 504. The lowest BCUT2D eigenvalue weighted by Gasteiger charge is -2.12. The molecule has 0 spiro atoms. The van der Waals surface area contributed by atoms with Gasteiger partial charge in [-0.1, -0.05) is 6.92 Å². The van der Waals surface area contributed by atoms with E-state index in [0.29, 0.717) is 6.42 Å². The summed E-state index contributed by atoms with van der Waals surface area (Å²) in [6, 6.07) is 0. The fourth-order valence-electron chi connectivity index (χ4n) is 1.22. The van der Waals surface area contributed by atoms with E-state index in [9.17, 15) is 17.2 Å². The molecule has 104 valence electrons. The molecular formula is C9H13ClF2N2O3S. The van der Waals surface area contributed by atoms with Crippen molar-refractivity contribution in [2.24, 2.45) is 0 Å². The van der Waals surface area contributed by atoms with Crippen LogP contribution in [0, 0.1) is 0 Å². The quantitative estimate of drug-likeness (QED) is 0.758. The van der Waals surface area contributed by atoms with Crippen molar-refractivity contribution in [3.8, 4) is 0 Å². The summed E-state index contributed by atoms with van der Waals surface area (Å²) >= 11 is 0. The standard InChI is InChI=1S/C9H13ClF2N2O3S/c1-3-6(2)17-5-7-8(18(10,15)16)4-13-14(7)9(11)12/h4,6,9H,3,5H2,1-2H3. The van der Waals surface area contributed by atoms with Crippen LogP contribution >= 0.6 is 10.7 Å². The van der Waals surface area contributed by atoms with Gasteiger partial charge in [0.05, 0.1) is 24.6 Å². The van der Waals surface area contributed by atoms with E-state index in [1.54, 1.807) is 6.92 Å². The maximum absolute atomic E-state index is 12.6. The molecule has 0 fully saturated rings. The summed E-state index contributed by atoms with van der Waals surface area (Å²) in [5.74, 6) is 0. The van der Waals surface area contributed by atoms with Gasteiger partial charge in [-0.3, -0.25) is 0 Å². The van der Waals surface area contributed by atoms with Crippen LogP contribution in [0.1, 0.15) is 32.5 Å². The zero-order valence-electron chi connectivity index (χ0n) is 9.81. The van der Waals surface area contributed by atoms with Crippen LogP contribution in [0.4, 0.5) is 8.78 Å². The predicted molar refractivity (Wildman–Crippen MR) is 61.1 cm³/mol. The van der Waals surface area contributed by atoms with E-state index in [1.165, 1.54) is 0 Å². The third-order valence-electron chi connectivity index (χ3n) is 2.39. The molecule has 0 bridgehead atoms. The number of aromatic nitrogens is 2. The lowest BCUT2D eigenvalue weighted by atomic mass is 10.3. The molecule has 1 rings (SSSR count). The molecule has 0 saturated carbocycles. The van der Waals surface area contributed by atoms with Crippen molar-refractivity contribution < 1.29 is 21.9 Å². The number of ether oxygens (including phenoxy) is 1. The molecule has 0 amide bonds. The van der Waals surface area contributed by atoms with Crippen molar-refractivity contribution in [1.29, 1.82) is 0 Å². The van der Waals surface area contributed by atoms with Crippen LogP contribution in [0.3, 0.4) is 0 Å². The van der Waals surface area contributed by atoms with Gasteiger partial charge in [0.2, 0.25) is 0 Å². The van der Waals surface area contributed by atoms with Crippen molar-refractivity contribution >= 4 is 19.7 Å². The van der Waals surface area contributed by atoms with Crippen LogP contribution in [-0.4, -0.2) is 24.3 Å². The maximum atomic E-state index is 12.6. The van der Waals surface area contributed by atoms with Gasteiger partial charge in [0.15, 0.2) is 0 Å². The zero-order valence-corrected chi connectivity index (χ0v) is 11.4. The molecule has 1 atom stereocenters. The minimum absolute atomic E-state index is 0.183. The average Bonchev–Trinajstić information content (AvgIpc) is 2.69. The second kappa shape index (κ2) is 5.94. The van der Waals surface area contributed by atoms with Gasteiger partial charge in [0, 0.05) is 10.7 Å². The summed E-state index contributed by atoms with van der Waals surface area (Å²) in [4.78, 5) is -0.451. The average molecular weight is 303 g/mol. The molecule has 1 aromatic heterocycles. The summed E-state index contributed by atoms with van der Waals surface area (Å²) < 4.78 is 53.3. The Kier molecular flexibility index (Phi) is 5.06. The SMILES string of the molecule is CCC(C)OCc1c(S(=O)(=O)Cl)cnn1C(F)F. The molecule has 0 aliphatic heterocycles. The number of nitrogens with zero attached hydrogens (tertiary/aromatic N) is 2. The summed E-state index contributed by atoms with van der Waals surface area (Å²) in [5.41, 5.74) is -0.250. The molecule has 0 saturated heterocycles. The Morgan fingerprint density at radius 3 is 2.61 bits per heavy atom. The van der Waals surface area contributed by atoms with Gasteiger partial charge in [-0.15, -0.1) is 0 Å². The van der Waals surface area contributed by atoms with Gasteiger partial charge in [-0.2, -0.15) is 13.9 Å². The molecule has 0 aliphatic carbocycles. The highest BCUT2D eigenvalue weighted by Gasteiger charge is 2.25. The van der Waals surface area contributed by atoms with Gasteiger partial charge in [0.1, 0.15) is 4.90 Å². The normalized spacial score (nSPS) is 14.1. The first-order chi connectivity index (χ1) is 8.27. The van der Waals surface area contributed by atoms with Crippen molar-refractivity contribution in [2.45, 2.75) is 44.4 Å². The number of alkyl halides is 2. The second-order valence-electron chi connectivity index (χ2n) is 3.65. The number of hydrogen-bond donors (Lipinski definition) is 0. The van der Waals surface area contributed by atoms with Crippen LogP contribution in [0.2, 0.25) is 0 Å². The van der Waals surface area contributed by atoms with Crippen LogP contribution in [0.5, 0.6) is 0 Å². The molecule has 0 radical (unpaired) electrons. The maximum Gasteiger partial charge on any atom is 0.333 e. The first-order valence-corrected chi connectivity index (χ1v) is 7.49. The Morgan fingerprint density at radius 1 is 1.56 bits per heavy atom. The highest BCUT2D eigenvalue weighted by molar-refractivity contribution is 8.13. The molecule has 1 heterocycles. The third kappa shape index (κ3) is 3.63. The minimum Gasteiger partial charge on any atom is -0.372 e. The van der Waals surface area contributed by atoms with Crippen molar-refractivity contribution in [2.75, 3.05) is 0 Å². The van der Waals surface area contributed by atoms with Crippen LogP contribution in [0.15, 0.2) is 11.1 Å². The summed E-state index contributed by atoms with van der Waals surface area (Å²) in [5, 5.41) is 3.31. The number of hydrogen-bond acceptors (Lipinski definition) is 4. The summed E-state index contributed by atoms with van der Waals surface area (Å²) in [6.45, 7) is 0.361. The molecule has 9 heteroatoms. The number of rotatable bonds is 6. The van der Waals surface area contributed by atoms with Gasteiger partial charge in [-0.25, -0.2) is 13.1 Å². The first kappa shape index (κ1) is 15.3. The molecule has 5 nitrogen and oxygen atoms in total. The third-order valence-corrected chi connectivity index (χ3v) is 3.75. The van der Waals surface area contributed by atoms with E-state index >= 15 is 0 Å². The Balaban J connectivity index is 3.08. The van der Waals surface area contributed by atoms with Crippen molar-refractivity contribution in [3.63, 3.8) is 0 Å². The summed E-state index contributed by atoms with van der Waals surface area (Å²) in [7, 11) is 1.02. The minimum atomic E-state index is -4.13. The van der Waals surface area contributed by atoms with Gasteiger partial charge in [-0.05, 0) is 13.3 Å². The zero-order chi connectivity index (χ0) is 13.9. The largest absolute Gasteiger partial charge is 0.372 e. The second-order valence-corrected chi connectivity index (χ2v) is 6.18. The van der Waals surface area contributed by atoms with Crippen molar-refractivity contribution in [1.82, 2.24) is 9.78 Å². The molecule has 18 heavy (non-hydrogen) atoms. The Labute approximate surface area is 108 Å². The van der Waals surface area contributed by atoms with Crippen molar-refractivity contribution in [3.05, 3.63) is 11.9 Å². The molecule has 1 unspecified atom stereocenters. The van der Waals surface area contributed by atoms with Crippen LogP contribution in [0.25, 0.3) is 0 Å². The molecular weight excluding hydrogens is 290 g/mol. The number of halogens is 3. The summed E-state index contributed by atoms with van der Waals surface area (Å²) in [6.07, 6.45) is 1.28.